The van der Waals surface area contributed by atoms with Crippen molar-refractivity contribution in [1.82, 2.24) is 15.0 Å². The lowest BCUT2D eigenvalue weighted by Gasteiger charge is -2.15. The van der Waals surface area contributed by atoms with Crippen LogP contribution in [-0.4, -0.2) is 50.2 Å². The van der Waals surface area contributed by atoms with Crippen LogP contribution in [0.15, 0.2) is 24.3 Å². The Labute approximate surface area is 124 Å². The van der Waals surface area contributed by atoms with Gasteiger partial charge in [-0.3, -0.25) is 0 Å². The number of hydrogen-bond donors (Lipinski definition) is 1. The summed E-state index contributed by atoms with van der Waals surface area (Å²) in [6.45, 7) is 0. The van der Waals surface area contributed by atoms with E-state index < -0.39 is 0 Å². The lowest BCUT2D eigenvalue weighted by Crippen LogP contribution is -2.15. The topological polar surface area (TPSA) is 66.4 Å². The van der Waals surface area contributed by atoms with Crippen LogP contribution in [0.2, 0.25) is 0 Å². The molecule has 0 fully saturated rings. The summed E-state index contributed by atoms with van der Waals surface area (Å²) < 4.78 is 5.75. The molecule has 1 aromatic heterocycles. The van der Waals surface area contributed by atoms with Gasteiger partial charge in [-0.1, -0.05) is 6.07 Å². The molecule has 7 nitrogen and oxygen atoms in total. The van der Waals surface area contributed by atoms with Gasteiger partial charge in [-0.25, -0.2) is 0 Å². The molecule has 2 aromatic rings. The Morgan fingerprint density at radius 2 is 1.76 bits per heavy atom. The van der Waals surface area contributed by atoms with Crippen LogP contribution in [0.3, 0.4) is 0 Å². The van der Waals surface area contributed by atoms with Crippen LogP contribution < -0.4 is 19.9 Å². The first-order chi connectivity index (χ1) is 9.99. The third kappa shape index (κ3) is 3.71. The number of nitrogens with zero attached hydrogens (tertiary/aromatic N) is 5. The summed E-state index contributed by atoms with van der Waals surface area (Å²) in [5.74, 6) is 1.68. The first kappa shape index (κ1) is 14.8. The predicted octanol–water partition coefficient (Wildman–Crippen LogP) is 1.84. The van der Waals surface area contributed by atoms with E-state index in [0.717, 1.165) is 5.69 Å². The third-order valence-electron chi connectivity index (χ3n) is 2.77. The highest BCUT2D eigenvalue weighted by atomic mass is 16.5. The van der Waals surface area contributed by atoms with Gasteiger partial charge in [-0.2, -0.15) is 15.0 Å². The van der Waals surface area contributed by atoms with Crippen molar-refractivity contribution in [1.29, 1.82) is 0 Å². The van der Waals surface area contributed by atoms with Crippen molar-refractivity contribution in [3.63, 3.8) is 0 Å². The van der Waals surface area contributed by atoms with Crippen molar-refractivity contribution >= 4 is 17.6 Å². The summed E-state index contributed by atoms with van der Waals surface area (Å²) in [5.41, 5.74) is 1.04. The molecule has 0 amide bonds. The van der Waals surface area contributed by atoms with Crippen LogP contribution in [0.1, 0.15) is 0 Å². The highest BCUT2D eigenvalue weighted by molar-refractivity contribution is 5.50. The molecule has 0 radical (unpaired) electrons. The lowest BCUT2D eigenvalue weighted by molar-refractivity contribution is 0.440. The predicted molar refractivity (Wildman–Crippen MR) is 84.5 cm³/mol. The standard InChI is InChI=1S/C14H20N6O/c1-15-12-16-13(20(4)5)18-14(17-12)21-11-8-6-7-10(9-11)19(2)3/h6-9H,1-5H3,(H,15,16,17,18). The molecule has 1 aromatic carbocycles. The quantitative estimate of drug-likeness (QED) is 0.900. The first-order valence-electron chi connectivity index (χ1n) is 6.56. The van der Waals surface area contributed by atoms with Gasteiger partial charge in [0.05, 0.1) is 0 Å². The summed E-state index contributed by atoms with van der Waals surface area (Å²) >= 11 is 0. The molecule has 0 saturated heterocycles. The van der Waals surface area contributed by atoms with Gasteiger partial charge in [0.25, 0.3) is 0 Å². The van der Waals surface area contributed by atoms with E-state index in [1.54, 1.807) is 11.9 Å². The molecule has 7 heteroatoms. The molecule has 0 aliphatic heterocycles. The third-order valence-corrected chi connectivity index (χ3v) is 2.77. The van der Waals surface area contributed by atoms with Crippen molar-refractivity contribution in [2.45, 2.75) is 0 Å². The second-order valence-corrected chi connectivity index (χ2v) is 4.88. The Balaban J connectivity index is 2.30. The molecule has 0 spiro atoms. The maximum Gasteiger partial charge on any atom is 0.328 e. The monoisotopic (exact) mass is 288 g/mol. The molecule has 2 rings (SSSR count). The summed E-state index contributed by atoms with van der Waals surface area (Å²) in [4.78, 5) is 16.5. The maximum atomic E-state index is 5.75. The fourth-order valence-electron chi connectivity index (χ4n) is 1.63. The Hall–Kier alpha value is -2.57. The SMILES string of the molecule is CNc1nc(Oc2cccc(N(C)C)c2)nc(N(C)C)n1. The molecule has 1 heterocycles. The highest BCUT2D eigenvalue weighted by Gasteiger charge is 2.09. The zero-order chi connectivity index (χ0) is 15.4. The van der Waals surface area contributed by atoms with Crippen LogP contribution in [0.25, 0.3) is 0 Å². The van der Waals surface area contributed by atoms with Crippen LogP contribution in [-0.2, 0) is 0 Å². The largest absolute Gasteiger partial charge is 0.424 e. The lowest BCUT2D eigenvalue weighted by atomic mass is 10.3. The number of nitrogens with one attached hydrogen (secondary N) is 1. The molecule has 0 unspecified atom stereocenters. The van der Waals surface area contributed by atoms with Crippen molar-refractivity contribution in [2.24, 2.45) is 0 Å². The summed E-state index contributed by atoms with van der Waals surface area (Å²) in [7, 11) is 9.44. The minimum Gasteiger partial charge on any atom is -0.424 e. The van der Waals surface area contributed by atoms with Gasteiger partial charge < -0.3 is 19.9 Å². The number of hydrogen-bond acceptors (Lipinski definition) is 7. The van der Waals surface area contributed by atoms with Crippen molar-refractivity contribution < 1.29 is 4.74 Å². The Bertz CT molecular complexity index is 614. The molecule has 0 atom stereocenters. The molecular weight excluding hydrogens is 268 g/mol. The Morgan fingerprint density at radius 1 is 1.00 bits per heavy atom. The van der Waals surface area contributed by atoms with Gasteiger partial charge in [0.2, 0.25) is 11.9 Å². The number of ether oxygens (including phenoxy) is 1. The van der Waals surface area contributed by atoms with Crippen molar-refractivity contribution in [3.05, 3.63) is 24.3 Å². The fourth-order valence-corrected chi connectivity index (χ4v) is 1.63. The van der Waals surface area contributed by atoms with Crippen LogP contribution >= 0.6 is 0 Å². The minimum absolute atomic E-state index is 0.258. The van der Waals surface area contributed by atoms with E-state index in [1.807, 2.05) is 57.4 Å². The average molecular weight is 288 g/mol. The minimum atomic E-state index is 0.258. The molecular formula is C14H20N6O. The molecule has 0 aliphatic rings. The zero-order valence-electron chi connectivity index (χ0n) is 13.0. The Morgan fingerprint density at radius 3 is 2.38 bits per heavy atom. The smallest absolute Gasteiger partial charge is 0.328 e. The second kappa shape index (κ2) is 6.25. The average Bonchev–Trinajstić information content (AvgIpc) is 2.47. The van der Waals surface area contributed by atoms with Crippen LogP contribution in [0.4, 0.5) is 17.6 Å². The number of anilines is 3. The van der Waals surface area contributed by atoms with E-state index >= 15 is 0 Å². The van der Waals surface area contributed by atoms with Gasteiger partial charge in [0, 0.05) is 47.0 Å². The number of aromatic nitrogens is 3. The van der Waals surface area contributed by atoms with Gasteiger partial charge in [0.1, 0.15) is 5.75 Å². The number of benzene rings is 1. The van der Waals surface area contributed by atoms with Gasteiger partial charge in [-0.15, -0.1) is 0 Å². The molecule has 0 bridgehead atoms. The van der Waals surface area contributed by atoms with E-state index in [2.05, 4.69) is 20.3 Å². The second-order valence-electron chi connectivity index (χ2n) is 4.88. The molecule has 0 saturated carbocycles. The Kier molecular flexibility index (Phi) is 4.42. The van der Waals surface area contributed by atoms with Crippen LogP contribution in [0, 0.1) is 0 Å². The molecule has 1 N–H and O–H groups in total. The summed E-state index contributed by atoms with van der Waals surface area (Å²) in [5, 5.41) is 2.90. The van der Waals surface area contributed by atoms with E-state index in [0.29, 0.717) is 17.6 Å². The molecule has 21 heavy (non-hydrogen) atoms. The summed E-state index contributed by atoms with van der Waals surface area (Å²) in [6.07, 6.45) is 0. The normalized spacial score (nSPS) is 10.1. The van der Waals surface area contributed by atoms with Crippen LogP contribution in [0.5, 0.6) is 11.8 Å². The van der Waals surface area contributed by atoms with Gasteiger partial charge in [-0.05, 0) is 12.1 Å². The van der Waals surface area contributed by atoms with Gasteiger partial charge >= 0.3 is 6.01 Å². The maximum absolute atomic E-state index is 5.75. The summed E-state index contributed by atoms with van der Waals surface area (Å²) in [6, 6.07) is 7.99. The number of rotatable bonds is 5. The fraction of sp³-hybridized carbons (Fsp3) is 0.357. The van der Waals surface area contributed by atoms with E-state index in [9.17, 15) is 0 Å². The van der Waals surface area contributed by atoms with E-state index in [-0.39, 0.29) is 6.01 Å². The van der Waals surface area contributed by atoms with Crippen molar-refractivity contribution in [2.75, 3.05) is 50.4 Å². The first-order valence-corrected chi connectivity index (χ1v) is 6.56. The van der Waals surface area contributed by atoms with E-state index in [4.69, 9.17) is 4.74 Å². The van der Waals surface area contributed by atoms with E-state index in [1.165, 1.54) is 0 Å². The molecule has 112 valence electrons. The van der Waals surface area contributed by atoms with Crippen molar-refractivity contribution in [3.8, 4) is 11.8 Å². The van der Waals surface area contributed by atoms with Gasteiger partial charge in [0.15, 0.2) is 0 Å². The highest BCUT2D eigenvalue weighted by Crippen LogP contribution is 2.24. The molecule has 0 aliphatic carbocycles. The zero-order valence-corrected chi connectivity index (χ0v) is 13.0.